The van der Waals surface area contributed by atoms with Gasteiger partial charge in [0.25, 0.3) is 0 Å². The Hall–Kier alpha value is -1.18. The molecule has 7 nitrogen and oxygen atoms in total. The third-order valence-corrected chi connectivity index (χ3v) is 2.99. The van der Waals surface area contributed by atoms with E-state index in [1.807, 2.05) is 0 Å². The molecule has 0 aromatic rings. The molecule has 0 aromatic heterocycles. The summed E-state index contributed by atoms with van der Waals surface area (Å²) in [6.07, 6.45) is 0.272. The minimum Gasteiger partial charge on any atom is -0.389 e. The van der Waals surface area contributed by atoms with Gasteiger partial charge in [0.15, 0.2) is 0 Å². The summed E-state index contributed by atoms with van der Waals surface area (Å²) in [5.41, 5.74) is 4.19. The topological polar surface area (TPSA) is 98.9 Å². The number of urea groups is 1. The van der Waals surface area contributed by atoms with Crippen LogP contribution in [0, 0.1) is 0 Å². The molecule has 0 radical (unpaired) electrons. The van der Waals surface area contributed by atoms with Gasteiger partial charge in [-0.1, -0.05) is 0 Å². The van der Waals surface area contributed by atoms with E-state index in [-0.39, 0.29) is 12.3 Å². The Morgan fingerprint density at radius 2 is 1.74 bits per heavy atom. The van der Waals surface area contributed by atoms with E-state index >= 15 is 0 Å². The number of amides is 3. The first-order valence-corrected chi connectivity index (χ1v) is 6.53. The lowest BCUT2D eigenvalue weighted by Crippen LogP contribution is -2.51. The molecule has 4 N–H and O–H groups in total. The van der Waals surface area contributed by atoms with E-state index in [0.717, 1.165) is 26.2 Å². The highest BCUT2D eigenvalue weighted by molar-refractivity contribution is 5.93. The number of hydrogen-bond acceptors (Lipinski definition) is 5. The van der Waals surface area contributed by atoms with Crippen molar-refractivity contribution in [3.63, 3.8) is 0 Å². The molecule has 0 aromatic carbocycles. The fourth-order valence-corrected chi connectivity index (χ4v) is 2.18. The molecule has 110 valence electrons. The smallest absolute Gasteiger partial charge is 0.318 e. The number of rotatable bonds is 5. The molecule has 0 aliphatic carbocycles. The second-order valence-corrected chi connectivity index (χ2v) is 5.59. The van der Waals surface area contributed by atoms with Gasteiger partial charge >= 0.3 is 6.03 Å². The van der Waals surface area contributed by atoms with Gasteiger partial charge in [0.05, 0.1) is 5.60 Å². The molecule has 1 aliphatic rings. The molecule has 0 saturated carbocycles. The molecule has 0 atom stereocenters. The average Bonchev–Trinajstić information content (AvgIpc) is 2.25. The molecule has 0 spiro atoms. The van der Waals surface area contributed by atoms with Gasteiger partial charge in [0.1, 0.15) is 0 Å². The number of aliphatic hydroxyl groups is 1. The highest BCUT2D eigenvalue weighted by Gasteiger charge is 2.22. The maximum Gasteiger partial charge on any atom is 0.318 e. The normalized spacial score (nSPS) is 18.3. The van der Waals surface area contributed by atoms with Crippen LogP contribution >= 0.6 is 0 Å². The standard InChI is InChI=1S/C12H24N4O3/c1-12(2,19)9-16-7-5-15(6-8-16)4-3-10(17)14-11(13)18/h19H,3-9H2,1-2H3,(H3,13,14,17,18). The Bertz CT molecular complexity index is 319. The van der Waals surface area contributed by atoms with Crippen LogP contribution in [0.5, 0.6) is 0 Å². The van der Waals surface area contributed by atoms with Crippen molar-refractivity contribution >= 4 is 11.9 Å². The van der Waals surface area contributed by atoms with E-state index in [4.69, 9.17) is 5.73 Å². The van der Waals surface area contributed by atoms with Gasteiger partial charge in [-0.3, -0.25) is 15.0 Å². The van der Waals surface area contributed by atoms with Crippen molar-refractivity contribution in [3.05, 3.63) is 0 Å². The SMILES string of the molecule is CC(C)(O)CN1CCN(CCC(=O)NC(N)=O)CC1. The van der Waals surface area contributed by atoms with Gasteiger partial charge in [-0.2, -0.15) is 0 Å². The molecule has 1 heterocycles. The second kappa shape index (κ2) is 6.83. The van der Waals surface area contributed by atoms with Crippen LogP contribution in [0.4, 0.5) is 4.79 Å². The monoisotopic (exact) mass is 272 g/mol. The van der Waals surface area contributed by atoms with Crippen molar-refractivity contribution in [2.45, 2.75) is 25.9 Å². The lowest BCUT2D eigenvalue weighted by molar-refractivity contribution is -0.120. The average molecular weight is 272 g/mol. The molecular weight excluding hydrogens is 248 g/mol. The summed E-state index contributed by atoms with van der Waals surface area (Å²) in [4.78, 5) is 26.1. The van der Waals surface area contributed by atoms with Crippen molar-refractivity contribution in [2.24, 2.45) is 5.73 Å². The number of nitrogens with zero attached hydrogens (tertiary/aromatic N) is 2. The highest BCUT2D eigenvalue weighted by atomic mass is 16.3. The Labute approximate surface area is 113 Å². The quantitative estimate of drug-likeness (QED) is 0.594. The zero-order valence-electron chi connectivity index (χ0n) is 11.7. The van der Waals surface area contributed by atoms with Crippen LogP contribution in [0.1, 0.15) is 20.3 Å². The van der Waals surface area contributed by atoms with Gasteiger partial charge in [0.2, 0.25) is 5.91 Å². The van der Waals surface area contributed by atoms with Gasteiger partial charge in [-0.05, 0) is 13.8 Å². The molecular formula is C12H24N4O3. The number of hydrogen-bond donors (Lipinski definition) is 3. The largest absolute Gasteiger partial charge is 0.389 e. The summed E-state index contributed by atoms with van der Waals surface area (Å²) in [5.74, 6) is -0.341. The van der Waals surface area contributed by atoms with Crippen LogP contribution in [0.2, 0.25) is 0 Å². The Morgan fingerprint density at radius 1 is 1.21 bits per heavy atom. The Balaban J connectivity index is 2.20. The summed E-state index contributed by atoms with van der Waals surface area (Å²) in [6, 6.07) is -0.806. The number of imide groups is 1. The molecule has 19 heavy (non-hydrogen) atoms. The summed E-state index contributed by atoms with van der Waals surface area (Å²) in [7, 11) is 0. The van der Waals surface area contributed by atoms with Gasteiger partial charge < -0.3 is 15.7 Å². The molecule has 1 rings (SSSR count). The maximum atomic E-state index is 11.3. The predicted molar refractivity (Wildman–Crippen MR) is 71.5 cm³/mol. The van der Waals surface area contributed by atoms with Crippen LogP contribution in [0.25, 0.3) is 0 Å². The number of carbonyl (C=O) groups excluding carboxylic acids is 2. The number of β-amino-alcohol motifs (C(OH)–C–C–N with tert-alkyl or cyclic N) is 1. The lowest BCUT2D eigenvalue weighted by Gasteiger charge is -2.37. The molecule has 1 aliphatic heterocycles. The summed E-state index contributed by atoms with van der Waals surface area (Å²) < 4.78 is 0. The first-order chi connectivity index (χ1) is 8.76. The number of nitrogens with one attached hydrogen (secondary N) is 1. The minimum atomic E-state index is -0.806. The fourth-order valence-electron chi connectivity index (χ4n) is 2.18. The van der Waals surface area contributed by atoms with Crippen molar-refractivity contribution in [1.82, 2.24) is 15.1 Å². The number of nitrogens with two attached hydrogens (primary N) is 1. The van der Waals surface area contributed by atoms with Crippen LogP contribution in [-0.2, 0) is 4.79 Å². The van der Waals surface area contributed by atoms with E-state index in [2.05, 4.69) is 15.1 Å². The fraction of sp³-hybridized carbons (Fsp3) is 0.833. The first-order valence-electron chi connectivity index (χ1n) is 6.53. The van der Waals surface area contributed by atoms with Crippen LogP contribution < -0.4 is 11.1 Å². The van der Waals surface area contributed by atoms with E-state index in [1.54, 1.807) is 13.8 Å². The molecule has 1 saturated heterocycles. The van der Waals surface area contributed by atoms with Crippen molar-refractivity contribution in [3.8, 4) is 0 Å². The number of piperazine rings is 1. The van der Waals surface area contributed by atoms with Crippen LogP contribution in [0.3, 0.4) is 0 Å². The second-order valence-electron chi connectivity index (χ2n) is 5.59. The number of carbonyl (C=O) groups is 2. The third kappa shape index (κ3) is 7.09. The van der Waals surface area contributed by atoms with Crippen molar-refractivity contribution in [2.75, 3.05) is 39.3 Å². The van der Waals surface area contributed by atoms with Crippen molar-refractivity contribution < 1.29 is 14.7 Å². The number of primary amides is 1. The Morgan fingerprint density at radius 3 is 2.21 bits per heavy atom. The van der Waals surface area contributed by atoms with E-state index in [1.165, 1.54) is 0 Å². The van der Waals surface area contributed by atoms with Gasteiger partial charge in [-0.15, -0.1) is 0 Å². The van der Waals surface area contributed by atoms with E-state index in [0.29, 0.717) is 13.1 Å². The molecule has 0 unspecified atom stereocenters. The van der Waals surface area contributed by atoms with Gasteiger partial charge in [0, 0.05) is 45.7 Å². The van der Waals surface area contributed by atoms with Crippen molar-refractivity contribution in [1.29, 1.82) is 0 Å². The first kappa shape index (κ1) is 15.9. The zero-order chi connectivity index (χ0) is 14.5. The van der Waals surface area contributed by atoms with E-state index in [9.17, 15) is 14.7 Å². The summed E-state index contributed by atoms with van der Waals surface area (Å²) in [6.45, 7) is 8.35. The van der Waals surface area contributed by atoms with E-state index < -0.39 is 11.6 Å². The lowest BCUT2D eigenvalue weighted by atomic mass is 10.1. The van der Waals surface area contributed by atoms with Crippen LogP contribution in [0.15, 0.2) is 0 Å². The molecule has 3 amide bonds. The molecule has 1 fully saturated rings. The molecule has 0 bridgehead atoms. The Kier molecular flexibility index (Phi) is 5.71. The summed E-state index contributed by atoms with van der Waals surface area (Å²) >= 11 is 0. The third-order valence-electron chi connectivity index (χ3n) is 2.99. The predicted octanol–water partition coefficient (Wildman–Crippen LogP) is -1.04. The highest BCUT2D eigenvalue weighted by Crippen LogP contribution is 2.08. The zero-order valence-corrected chi connectivity index (χ0v) is 11.7. The summed E-state index contributed by atoms with van der Waals surface area (Å²) in [5, 5.41) is 11.8. The van der Waals surface area contributed by atoms with Crippen LogP contribution in [-0.4, -0.2) is 71.7 Å². The molecule has 7 heteroatoms. The minimum absolute atomic E-state index is 0.272. The maximum absolute atomic E-state index is 11.3. The van der Waals surface area contributed by atoms with Gasteiger partial charge in [-0.25, -0.2) is 4.79 Å².